The molecule has 0 aliphatic carbocycles. The first-order chi connectivity index (χ1) is 16.7. The molecule has 3 N–H and O–H groups in total. The van der Waals surface area contributed by atoms with Gasteiger partial charge in [-0.15, -0.1) is 0 Å². The van der Waals surface area contributed by atoms with Crippen molar-refractivity contribution in [2.75, 3.05) is 20.2 Å². The van der Waals surface area contributed by atoms with Gasteiger partial charge in [0.1, 0.15) is 17.0 Å². The summed E-state index contributed by atoms with van der Waals surface area (Å²) in [6.07, 6.45) is 0.892. The number of hydrogen-bond acceptors (Lipinski definition) is 5. The van der Waals surface area contributed by atoms with Gasteiger partial charge in [-0.1, -0.05) is 26.0 Å². The highest BCUT2D eigenvalue weighted by atomic mass is 16.5. The maximum atomic E-state index is 13.8. The third kappa shape index (κ3) is 3.82. The molecule has 8 nitrogen and oxygen atoms in total. The number of carbonyl (C=O) groups excluding carboxylic acids is 2. The molecular weight excluding hydrogens is 444 g/mol. The molecule has 0 saturated carbocycles. The standard InChI is InChI=1S/C27H32N4O4/c1-16(2)28-10-11-30-25(33)27(3)15-21-20-14-19(35-4)8-9-22(20)29-24(21)23(31(27)26(30)34)13-17-6-5-7-18(32)12-17/h5-9,12,14,16,23,28-29,32H,10-11,13,15H2,1-4H3/t23?,27-/m0/s1. The lowest BCUT2D eigenvalue weighted by atomic mass is 9.81. The van der Waals surface area contributed by atoms with E-state index in [0.29, 0.717) is 25.9 Å². The van der Waals surface area contributed by atoms with Crippen LogP contribution in [0.2, 0.25) is 0 Å². The second-order valence-corrected chi connectivity index (χ2v) is 9.99. The van der Waals surface area contributed by atoms with Crippen LogP contribution in [-0.2, 0) is 17.6 Å². The molecule has 1 fully saturated rings. The molecule has 0 bridgehead atoms. The summed E-state index contributed by atoms with van der Waals surface area (Å²) in [6, 6.07) is 12.5. The molecule has 1 aromatic heterocycles. The normalized spacial score (nSPS) is 21.7. The molecule has 8 heteroatoms. The number of imide groups is 1. The summed E-state index contributed by atoms with van der Waals surface area (Å²) in [7, 11) is 1.64. The minimum Gasteiger partial charge on any atom is -0.508 e. The summed E-state index contributed by atoms with van der Waals surface area (Å²) in [5, 5.41) is 14.4. The smallest absolute Gasteiger partial charge is 0.328 e. The largest absolute Gasteiger partial charge is 0.508 e. The SMILES string of the molecule is COc1ccc2[nH]c3c(c2c1)C[C@@]1(C)C(=O)N(CCNC(C)C)C(=O)N1C3Cc1cccc(O)c1. The van der Waals surface area contributed by atoms with E-state index in [0.717, 1.165) is 33.5 Å². The van der Waals surface area contributed by atoms with Crippen LogP contribution >= 0.6 is 0 Å². The van der Waals surface area contributed by atoms with Crippen LogP contribution in [0.25, 0.3) is 10.9 Å². The summed E-state index contributed by atoms with van der Waals surface area (Å²) in [6.45, 7) is 6.82. The number of ether oxygens (including phenoxy) is 1. The maximum Gasteiger partial charge on any atom is 0.328 e. The van der Waals surface area contributed by atoms with Gasteiger partial charge in [-0.3, -0.25) is 9.69 Å². The predicted molar refractivity (Wildman–Crippen MR) is 134 cm³/mol. The van der Waals surface area contributed by atoms with Crippen molar-refractivity contribution in [3.8, 4) is 11.5 Å². The molecule has 3 amide bonds. The first-order valence-electron chi connectivity index (χ1n) is 12.1. The number of aromatic nitrogens is 1. The molecule has 1 saturated heterocycles. The lowest BCUT2D eigenvalue weighted by Gasteiger charge is -2.42. The van der Waals surface area contributed by atoms with Crippen molar-refractivity contribution in [3.63, 3.8) is 0 Å². The van der Waals surface area contributed by atoms with Crippen LogP contribution in [0, 0.1) is 0 Å². The molecule has 2 aliphatic rings. The zero-order valence-corrected chi connectivity index (χ0v) is 20.6. The zero-order chi connectivity index (χ0) is 24.9. The van der Waals surface area contributed by atoms with Crippen molar-refractivity contribution in [2.24, 2.45) is 0 Å². The Bertz CT molecular complexity index is 1300. The second kappa shape index (κ2) is 8.61. The van der Waals surface area contributed by atoms with Gasteiger partial charge in [0.15, 0.2) is 0 Å². The number of amides is 3. The molecule has 3 heterocycles. The molecule has 2 atom stereocenters. The Labute approximate surface area is 204 Å². The van der Waals surface area contributed by atoms with Gasteiger partial charge in [0, 0.05) is 42.1 Å². The number of aromatic hydroxyl groups is 1. The first-order valence-corrected chi connectivity index (χ1v) is 12.1. The van der Waals surface area contributed by atoms with Crippen LogP contribution in [0.5, 0.6) is 11.5 Å². The molecule has 184 valence electrons. The van der Waals surface area contributed by atoms with Crippen LogP contribution in [0.1, 0.15) is 43.6 Å². The van der Waals surface area contributed by atoms with E-state index in [1.807, 2.05) is 45.0 Å². The molecular formula is C27H32N4O4. The summed E-state index contributed by atoms with van der Waals surface area (Å²) in [4.78, 5) is 34.2. The molecule has 35 heavy (non-hydrogen) atoms. The Balaban J connectivity index is 1.61. The van der Waals surface area contributed by atoms with Crippen molar-refractivity contribution < 1.29 is 19.4 Å². The van der Waals surface area contributed by atoms with Gasteiger partial charge in [0.2, 0.25) is 0 Å². The van der Waals surface area contributed by atoms with E-state index in [9.17, 15) is 14.7 Å². The van der Waals surface area contributed by atoms with E-state index in [1.54, 1.807) is 30.2 Å². The van der Waals surface area contributed by atoms with Crippen LogP contribution in [0.15, 0.2) is 42.5 Å². The topological polar surface area (TPSA) is 97.9 Å². The van der Waals surface area contributed by atoms with E-state index in [1.165, 1.54) is 4.90 Å². The number of urea groups is 1. The van der Waals surface area contributed by atoms with Gasteiger partial charge in [-0.25, -0.2) is 4.79 Å². The Morgan fingerprint density at radius 1 is 1.23 bits per heavy atom. The van der Waals surface area contributed by atoms with E-state index < -0.39 is 5.54 Å². The van der Waals surface area contributed by atoms with Gasteiger partial charge < -0.3 is 25.0 Å². The number of benzene rings is 2. The predicted octanol–water partition coefficient (Wildman–Crippen LogP) is 3.74. The fraction of sp³-hybridized carbons (Fsp3) is 0.407. The number of phenolic OH excluding ortho intramolecular Hbond substituents is 1. The number of rotatable bonds is 7. The fourth-order valence-corrected chi connectivity index (χ4v) is 5.54. The quantitative estimate of drug-likeness (QED) is 0.451. The monoisotopic (exact) mass is 476 g/mol. The summed E-state index contributed by atoms with van der Waals surface area (Å²) >= 11 is 0. The van der Waals surface area contributed by atoms with Crippen LogP contribution < -0.4 is 10.1 Å². The van der Waals surface area contributed by atoms with Crippen molar-refractivity contribution in [1.82, 2.24) is 20.1 Å². The highest BCUT2D eigenvalue weighted by molar-refractivity contribution is 6.08. The van der Waals surface area contributed by atoms with Gasteiger partial charge in [0.05, 0.1) is 13.2 Å². The number of H-pyrrole nitrogens is 1. The lowest BCUT2D eigenvalue weighted by Crippen LogP contribution is -2.53. The first kappa shape index (κ1) is 23.2. The number of hydrogen-bond donors (Lipinski definition) is 3. The summed E-state index contributed by atoms with van der Waals surface area (Å²) < 4.78 is 5.46. The van der Waals surface area contributed by atoms with Gasteiger partial charge in [-0.05, 0) is 54.8 Å². The molecule has 2 aliphatic heterocycles. The number of phenols is 1. The van der Waals surface area contributed by atoms with Crippen LogP contribution in [0.4, 0.5) is 4.79 Å². The molecule has 5 rings (SSSR count). The van der Waals surface area contributed by atoms with Crippen molar-refractivity contribution in [1.29, 1.82) is 0 Å². The minimum absolute atomic E-state index is 0.170. The van der Waals surface area contributed by atoms with Crippen molar-refractivity contribution in [2.45, 2.75) is 51.2 Å². The highest BCUT2D eigenvalue weighted by Crippen LogP contribution is 2.47. The van der Waals surface area contributed by atoms with Crippen molar-refractivity contribution in [3.05, 3.63) is 59.3 Å². The number of methoxy groups -OCH3 is 1. The summed E-state index contributed by atoms with van der Waals surface area (Å²) in [5.41, 5.74) is 2.80. The van der Waals surface area contributed by atoms with E-state index in [4.69, 9.17) is 4.74 Å². The zero-order valence-electron chi connectivity index (χ0n) is 20.6. The average Bonchev–Trinajstić information content (AvgIpc) is 3.26. The van der Waals surface area contributed by atoms with E-state index in [2.05, 4.69) is 10.3 Å². The number of aromatic amines is 1. The Kier molecular flexibility index (Phi) is 5.71. The molecule has 3 aromatic rings. The average molecular weight is 477 g/mol. The summed E-state index contributed by atoms with van der Waals surface area (Å²) in [5.74, 6) is 0.747. The second-order valence-electron chi connectivity index (χ2n) is 9.99. The molecule has 0 radical (unpaired) electrons. The number of fused-ring (bicyclic) bond motifs is 4. The van der Waals surface area contributed by atoms with Crippen LogP contribution in [0.3, 0.4) is 0 Å². The lowest BCUT2D eigenvalue weighted by molar-refractivity contribution is -0.133. The Morgan fingerprint density at radius 3 is 2.74 bits per heavy atom. The fourth-order valence-electron chi connectivity index (χ4n) is 5.54. The molecule has 2 aromatic carbocycles. The van der Waals surface area contributed by atoms with Crippen LogP contribution in [-0.4, -0.2) is 63.6 Å². The number of carbonyl (C=O) groups is 2. The number of nitrogens with zero attached hydrogens (tertiary/aromatic N) is 2. The van der Waals surface area contributed by atoms with E-state index >= 15 is 0 Å². The molecule has 1 unspecified atom stereocenters. The third-order valence-corrected chi connectivity index (χ3v) is 7.21. The third-order valence-electron chi connectivity index (χ3n) is 7.21. The Hall–Kier alpha value is -3.52. The number of nitrogens with one attached hydrogen (secondary N) is 2. The minimum atomic E-state index is -0.998. The molecule has 0 spiro atoms. The van der Waals surface area contributed by atoms with E-state index in [-0.39, 0.29) is 29.8 Å². The highest BCUT2D eigenvalue weighted by Gasteiger charge is 2.59. The van der Waals surface area contributed by atoms with Gasteiger partial charge in [-0.2, -0.15) is 0 Å². The van der Waals surface area contributed by atoms with Crippen molar-refractivity contribution >= 4 is 22.8 Å². The maximum absolute atomic E-state index is 13.8. The van der Waals surface area contributed by atoms with Gasteiger partial charge >= 0.3 is 6.03 Å². The Morgan fingerprint density at radius 2 is 2.03 bits per heavy atom. The van der Waals surface area contributed by atoms with Gasteiger partial charge in [0.25, 0.3) is 5.91 Å².